The van der Waals surface area contributed by atoms with E-state index in [4.69, 9.17) is 0 Å². The molecule has 2 aromatic carbocycles. The summed E-state index contributed by atoms with van der Waals surface area (Å²) in [5.41, 5.74) is 4.13. The van der Waals surface area contributed by atoms with E-state index < -0.39 is 0 Å². The van der Waals surface area contributed by atoms with Gasteiger partial charge < -0.3 is 10.2 Å². The Morgan fingerprint density at radius 2 is 1.67 bits per heavy atom. The van der Waals surface area contributed by atoms with Crippen molar-refractivity contribution in [1.82, 2.24) is 5.32 Å². The number of rotatable bonds is 5. The van der Waals surface area contributed by atoms with Gasteiger partial charge in [-0.2, -0.15) is 0 Å². The maximum Gasteiger partial charge on any atom is 0.0361 e. The van der Waals surface area contributed by atoms with Gasteiger partial charge in [0.05, 0.1) is 0 Å². The zero-order chi connectivity index (χ0) is 14.8. The molecule has 1 aliphatic rings. The van der Waals surface area contributed by atoms with Crippen LogP contribution in [0.1, 0.15) is 29.5 Å². The maximum atomic E-state index is 3.52. The average Bonchev–Trinajstić information content (AvgIpc) is 3.30. The van der Waals surface area contributed by atoms with Gasteiger partial charge in [0.15, 0.2) is 0 Å². The summed E-state index contributed by atoms with van der Waals surface area (Å²) in [5.74, 6) is 1.42. The van der Waals surface area contributed by atoms with Crippen molar-refractivity contribution in [2.24, 2.45) is 5.92 Å². The Morgan fingerprint density at radius 1 is 1.00 bits per heavy atom. The molecule has 3 unspecified atom stereocenters. The van der Waals surface area contributed by atoms with E-state index in [2.05, 4.69) is 86.0 Å². The lowest BCUT2D eigenvalue weighted by molar-refractivity contribution is 0.518. The molecule has 0 radical (unpaired) electrons. The number of nitrogens with zero attached hydrogens (tertiary/aromatic N) is 1. The predicted molar refractivity (Wildman–Crippen MR) is 89.9 cm³/mol. The minimum atomic E-state index is 0.450. The summed E-state index contributed by atoms with van der Waals surface area (Å²) >= 11 is 0. The standard InChI is InChI=1S/C19H24N2/c1-20-19(15-9-11-16(12-10-15)21(2)3)18-13-17(18)14-7-5-4-6-8-14/h4-12,17-20H,13H2,1-3H3. The largest absolute Gasteiger partial charge is 0.378 e. The second kappa shape index (κ2) is 5.90. The zero-order valence-corrected chi connectivity index (χ0v) is 13.1. The first kappa shape index (κ1) is 14.2. The number of hydrogen-bond donors (Lipinski definition) is 1. The van der Waals surface area contributed by atoms with Crippen molar-refractivity contribution < 1.29 is 0 Å². The molecule has 1 saturated carbocycles. The van der Waals surface area contributed by atoms with Gasteiger partial charge in [-0.25, -0.2) is 0 Å². The topological polar surface area (TPSA) is 15.3 Å². The molecule has 0 spiro atoms. The fourth-order valence-electron chi connectivity index (χ4n) is 3.27. The van der Waals surface area contributed by atoms with E-state index in [1.807, 2.05) is 0 Å². The average molecular weight is 280 g/mol. The number of hydrogen-bond acceptors (Lipinski definition) is 2. The highest BCUT2D eigenvalue weighted by molar-refractivity contribution is 5.47. The molecule has 0 aromatic heterocycles. The molecule has 21 heavy (non-hydrogen) atoms. The fraction of sp³-hybridized carbons (Fsp3) is 0.368. The molecular weight excluding hydrogens is 256 g/mol. The van der Waals surface area contributed by atoms with Crippen LogP contribution in [-0.4, -0.2) is 21.1 Å². The molecular formula is C19H24N2. The van der Waals surface area contributed by atoms with Gasteiger partial charge in [0.2, 0.25) is 0 Å². The smallest absolute Gasteiger partial charge is 0.0361 e. The molecule has 1 fully saturated rings. The van der Waals surface area contributed by atoms with Crippen molar-refractivity contribution in [3.05, 3.63) is 65.7 Å². The van der Waals surface area contributed by atoms with Crippen molar-refractivity contribution in [1.29, 1.82) is 0 Å². The Morgan fingerprint density at radius 3 is 2.24 bits per heavy atom. The molecule has 0 amide bonds. The number of nitrogens with one attached hydrogen (secondary N) is 1. The lowest BCUT2D eigenvalue weighted by Crippen LogP contribution is -2.19. The van der Waals surface area contributed by atoms with Gasteiger partial charge in [-0.05, 0) is 48.6 Å². The monoisotopic (exact) mass is 280 g/mol. The van der Waals surface area contributed by atoms with Gasteiger partial charge in [-0.15, -0.1) is 0 Å². The molecule has 0 aliphatic heterocycles. The minimum Gasteiger partial charge on any atom is -0.378 e. The van der Waals surface area contributed by atoms with Crippen molar-refractivity contribution in [2.75, 3.05) is 26.0 Å². The van der Waals surface area contributed by atoms with E-state index in [0.29, 0.717) is 17.9 Å². The van der Waals surface area contributed by atoms with Crippen LogP contribution in [0.2, 0.25) is 0 Å². The molecule has 1 aliphatic carbocycles. The quantitative estimate of drug-likeness (QED) is 0.895. The van der Waals surface area contributed by atoms with E-state index in [1.165, 1.54) is 23.2 Å². The van der Waals surface area contributed by atoms with E-state index in [9.17, 15) is 0 Å². The predicted octanol–water partition coefficient (Wildman–Crippen LogP) is 3.82. The molecule has 110 valence electrons. The summed E-state index contributed by atoms with van der Waals surface area (Å²) in [7, 11) is 6.23. The van der Waals surface area contributed by atoms with Crippen LogP contribution in [0.5, 0.6) is 0 Å². The Labute approximate surface area is 127 Å². The van der Waals surface area contributed by atoms with Crippen molar-refractivity contribution in [2.45, 2.75) is 18.4 Å². The van der Waals surface area contributed by atoms with Crippen LogP contribution in [0, 0.1) is 5.92 Å². The van der Waals surface area contributed by atoms with Crippen LogP contribution in [-0.2, 0) is 0 Å². The second-order valence-electron chi connectivity index (χ2n) is 6.17. The van der Waals surface area contributed by atoms with Crippen molar-refractivity contribution >= 4 is 5.69 Å². The van der Waals surface area contributed by atoms with E-state index in [0.717, 1.165) is 0 Å². The first-order chi connectivity index (χ1) is 10.2. The van der Waals surface area contributed by atoms with Crippen LogP contribution in [0.3, 0.4) is 0 Å². The number of benzene rings is 2. The number of anilines is 1. The van der Waals surface area contributed by atoms with E-state index in [-0.39, 0.29) is 0 Å². The van der Waals surface area contributed by atoms with Crippen LogP contribution < -0.4 is 10.2 Å². The fourth-order valence-corrected chi connectivity index (χ4v) is 3.27. The van der Waals surface area contributed by atoms with E-state index in [1.54, 1.807) is 0 Å². The summed E-state index contributed by atoms with van der Waals surface area (Å²) in [5, 5.41) is 3.52. The van der Waals surface area contributed by atoms with E-state index >= 15 is 0 Å². The van der Waals surface area contributed by atoms with Gasteiger partial charge in [0.1, 0.15) is 0 Å². The molecule has 2 aromatic rings. The molecule has 2 nitrogen and oxygen atoms in total. The van der Waals surface area contributed by atoms with Gasteiger partial charge >= 0.3 is 0 Å². The van der Waals surface area contributed by atoms with Crippen molar-refractivity contribution in [3.63, 3.8) is 0 Å². The Bertz CT molecular complexity index is 574. The van der Waals surface area contributed by atoms with Crippen LogP contribution in [0.25, 0.3) is 0 Å². The lowest BCUT2D eigenvalue weighted by atomic mass is 9.98. The van der Waals surface area contributed by atoms with Gasteiger partial charge in [-0.3, -0.25) is 0 Å². The first-order valence-corrected chi connectivity index (χ1v) is 7.70. The molecule has 0 saturated heterocycles. The van der Waals surface area contributed by atoms with Gasteiger partial charge in [0, 0.05) is 25.8 Å². The van der Waals surface area contributed by atoms with Crippen LogP contribution >= 0.6 is 0 Å². The van der Waals surface area contributed by atoms with Crippen LogP contribution in [0.15, 0.2) is 54.6 Å². The zero-order valence-electron chi connectivity index (χ0n) is 13.1. The summed E-state index contributed by atoms with van der Waals surface area (Å²) in [6.45, 7) is 0. The normalized spacial score (nSPS) is 21.9. The highest BCUT2D eigenvalue weighted by Crippen LogP contribution is 2.53. The van der Waals surface area contributed by atoms with Crippen LogP contribution in [0.4, 0.5) is 5.69 Å². The SMILES string of the molecule is CNC(c1ccc(N(C)C)cc1)C1CC1c1ccccc1. The molecule has 1 N–H and O–H groups in total. The molecule has 0 bridgehead atoms. The second-order valence-corrected chi connectivity index (χ2v) is 6.17. The molecule has 3 rings (SSSR count). The third kappa shape index (κ3) is 2.96. The minimum absolute atomic E-state index is 0.450. The summed E-state index contributed by atoms with van der Waals surface area (Å²) in [6.07, 6.45) is 1.28. The first-order valence-electron chi connectivity index (χ1n) is 7.70. The van der Waals surface area contributed by atoms with Crippen molar-refractivity contribution in [3.8, 4) is 0 Å². The summed E-state index contributed by atoms with van der Waals surface area (Å²) in [4.78, 5) is 2.14. The third-order valence-electron chi connectivity index (χ3n) is 4.58. The maximum absolute atomic E-state index is 3.52. The summed E-state index contributed by atoms with van der Waals surface area (Å²) in [6, 6.07) is 20.3. The van der Waals surface area contributed by atoms with Gasteiger partial charge in [0.25, 0.3) is 0 Å². The molecule has 2 heteroatoms. The highest BCUT2D eigenvalue weighted by atomic mass is 15.1. The van der Waals surface area contributed by atoms with Gasteiger partial charge in [-0.1, -0.05) is 42.5 Å². The summed E-state index contributed by atoms with van der Waals surface area (Å²) < 4.78 is 0. The Hall–Kier alpha value is -1.80. The molecule has 0 heterocycles. The Kier molecular flexibility index (Phi) is 3.98. The molecule has 3 atom stereocenters. The lowest BCUT2D eigenvalue weighted by Gasteiger charge is -2.19. The Balaban J connectivity index is 1.74. The third-order valence-corrected chi connectivity index (χ3v) is 4.58. The highest BCUT2D eigenvalue weighted by Gasteiger charge is 2.43.